The van der Waals surface area contributed by atoms with Crippen LogP contribution < -0.4 is 16.4 Å². The number of rotatable bonds is 4. The molecule has 0 unspecified atom stereocenters. The first-order valence-electron chi connectivity index (χ1n) is 6.86. The number of aromatic nitrogens is 2. The van der Waals surface area contributed by atoms with Gasteiger partial charge in [-0.2, -0.15) is 0 Å². The predicted molar refractivity (Wildman–Crippen MR) is 79.7 cm³/mol. The van der Waals surface area contributed by atoms with Gasteiger partial charge in [-0.25, -0.2) is 4.98 Å². The van der Waals surface area contributed by atoms with Crippen molar-refractivity contribution in [3.8, 4) is 0 Å². The van der Waals surface area contributed by atoms with Crippen LogP contribution in [0.1, 0.15) is 25.0 Å². The molecule has 2 aromatic rings. The number of carbonyl (C=O) groups excluding carboxylic acids is 1. The summed E-state index contributed by atoms with van der Waals surface area (Å²) in [6, 6.07) is 0. The van der Waals surface area contributed by atoms with Crippen LogP contribution in [-0.4, -0.2) is 28.4 Å². The van der Waals surface area contributed by atoms with Gasteiger partial charge >= 0.3 is 0 Å². The summed E-state index contributed by atoms with van der Waals surface area (Å²) in [6.45, 7) is 2.31. The van der Waals surface area contributed by atoms with E-state index >= 15 is 0 Å². The molecule has 1 saturated heterocycles. The molecule has 0 radical (unpaired) electrons. The number of imidazole rings is 1. The number of hydrogen-bond acceptors (Lipinski definition) is 5. The van der Waals surface area contributed by atoms with Crippen LogP contribution in [-0.2, 0) is 11.3 Å². The minimum atomic E-state index is -0.200. The number of carbonyl (C=O) groups is 1. The molecule has 0 bridgehead atoms. The lowest BCUT2D eigenvalue weighted by molar-refractivity contribution is -0.119. The zero-order chi connectivity index (χ0) is 14.1. The summed E-state index contributed by atoms with van der Waals surface area (Å²) in [5.74, 6) is 1.21. The lowest BCUT2D eigenvalue weighted by Gasteiger charge is -2.32. The zero-order valence-corrected chi connectivity index (χ0v) is 12.1. The molecule has 0 aliphatic carbocycles. The zero-order valence-electron chi connectivity index (χ0n) is 11.3. The molecular formula is C13H19N5OS. The van der Waals surface area contributed by atoms with Crippen LogP contribution in [0.25, 0.3) is 4.96 Å². The summed E-state index contributed by atoms with van der Waals surface area (Å²) in [6.07, 6.45) is 4.48. The fourth-order valence-corrected chi connectivity index (χ4v) is 3.63. The quantitative estimate of drug-likeness (QED) is 0.878. The molecule has 0 spiro atoms. The summed E-state index contributed by atoms with van der Waals surface area (Å²) in [5.41, 5.74) is 12.2. The molecule has 1 aliphatic heterocycles. The smallest absolute Gasteiger partial charge is 0.217 e. The molecular weight excluding hydrogens is 274 g/mol. The number of nitrogens with zero attached hydrogens (tertiary/aromatic N) is 3. The summed E-state index contributed by atoms with van der Waals surface area (Å²) < 4.78 is 2.06. The monoisotopic (exact) mass is 293 g/mol. The summed E-state index contributed by atoms with van der Waals surface area (Å²) in [4.78, 5) is 18.9. The molecule has 3 heterocycles. The van der Waals surface area contributed by atoms with E-state index in [0.717, 1.165) is 42.4 Å². The van der Waals surface area contributed by atoms with Crippen molar-refractivity contribution < 1.29 is 4.79 Å². The van der Waals surface area contributed by atoms with Gasteiger partial charge in [0.25, 0.3) is 0 Å². The first-order valence-corrected chi connectivity index (χ1v) is 7.74. The van der Waals surface area contributed by atoms with Crippen molar-refractivity contribution >= 4 is 28.0 Å². The molecule has 7 heteroatoms. The Morgan fingerprint density at radius 1 is 1.45 bits per heavy atom. The van der Waals surface area contributed by atoms with Crippen LogP contribution in [0, 0.1) is 5.92 Å². The van der Waals surface area contributed by atoms with Gasteiger partial charge < -0.3 is 16.4 Å². The normalized spacial score (nSPS) is 16.9. The van der Waals surface area contributed by atoms with Crippen molar-refractivity contribution in [3.05, 3.63) is 17.3 Å². The van der Waals surface area contributed by atoms with Crippen molar-refractivity contribution in [2.45, 2.75) is 25.8 Å². The molecule has 0 saturated carbocycles. The Kier molecular flexibility index (Phi) is 3.62. The molecule has 0 aromatic carbocycles. The van der Waals surface area contributed by atoms with E-state index in [4.69, 9.17) is 11.5 Å². The second-order valence-electron chi connectivity index (χ2n) is 5.24. The Hall–Kier alpha value is -1.60. The van der Waals surface area contributed by atoms with Crippen molar-refractivity contribution in [1.82, 2.24) is 9.38 Å². The highest BCUT2D eigenvalue weighted by Crippen LogP contribution is 2.29. The van der Waals surface area contributed by atoms with Crippen LogP contribution in [0.2, 0.25) is 0 Å². The molecule has 20 heavy (non-hydrogen) atoms. The molecule has 2 aromatic heterocycles. The van der Waals surface area contributed by atoms with Gasteiger partial charge in [-0.05, 0) is 18.8 Å². The maximum absolute atomic E-state index is 11.0. The van der Waals surface area contributed by atoms with Crippen molar-refractivity contribution in [2.24, 2.45) is 17.4 Å². The first-order chi connectivity index (χ1) is 9.69. The third-order valence-electron chi connectivity index (χ3n) is 3.94. The molecule has 4 N–H and O–H groups in total. The van der Waals surface area contributed by atoms with Crippen LogP contribution in [0.5, 0.6) is 0 Å². The summed E-state index contributed by atoms with van der Waals surface area (Å²) in [7, 11) is 0. The predicted octanol–water partition coefficient (Wildman–Crippen LogP) is 0.946. The van der Waals surface area contributed by atoms with E-state index in [1.165, 1.54) is 0 Å². The van der Waals surface area contributed by atoms with E-state index < -0.39 is 0 Å². The number of anilines is 1. The number of hydrogen-bond donors (Lipinski definition) is 2. The molecule has 1 fully saturated rings. The van der Waals surface area contributed by atoms with Gasteiger partial charge in [0.05, 0.1) is 5.69 Å². The SMILES string of the molecule is NCc1c(N2CCC(CC(N)=O)CC2)nc2sccn12. The van der Waals surface area contributed by atoms with E-state index in [9.17, 15) is 4.79 Å². The van der Waals surface area contributed by atoms with E-state index in [1.54, 1.807) is 11.3 Å². The minimum absolute atomic E-state index is 0.200. The third kappa shape index (κ3) is 2.38. The lowest BCUT2D eigenvalue weighted by atomic mass is 9.93. The number of amides is 1. The molecule has 3 rings (SSSR count). The first kappa shape index (κ1) is 13.4. The summed E-state index contributed by atoms with van der Waals surface area (Å²) >= 11 is 1.62. The number of thiazole rings is 1. The number of nitrogens with two attached hydrogens (primary N) is 2. The molecule has 6 nitrogen and oxygen atoms in total. The molecule has 1 aliphatic rings. The minimum Gasteiger partial charge on any atom is -0.370 e. The van der Waals surface area contributed by atoms with Gasteiger partial charge in [0.1, 0.15) is 0 Å². The second kappa shape index (κ2) is 5.41. The number of piperidine rings is 1. The Balaban J connectivity index is 1.76. The molecule has 1 amide bonds. The van der Waals surface area contributed by atoms with Crippen molar-refractivity contribution in [1.29, 1.82) is 0 Å². The van der Waals surface area contributed by atoms with Gasteiger partial charge in [0.2, 0.25) is 5.91 Å². The number of primary amides is 1. The Morgan fingerprint density at radius 2 is 2.20 bits per heavy atom. The third-order valence-corrected chi connectivity index (χ3v) is 4.69. The molecule has 0 atom stereocenters. The van der Waals surface area contributed by atoms with Crippen molar-refractivity contribution in [3.63, 3.8) is 0 Å². The largest absolute Gasteiger partial charge is 0.370 e. The van der Waals surface area contributed by atoms with Gasteiger partial charge in [-0.1, -0.05) is 0 Å². The highest BCUT2D eigenvalue weighted by molar-refractivity contribution is 7.15. The highest BCUT2D eigenvalue weighted by Gasteiger charge is 2.24. The Labute approximate surface area is 121 Å². The standard InChI is InChI=1S/C13H19N5OS/c14-8-10-12(16-13-18(10)5-6-20-13)17-3-1-9(2-4-17)7-11(15)19/h5-6,9H,1-4,7-8,14H2,(H2,15,19). The fraction of sp³-hybridized carbons (Fsp3) is 0.538. The topological polar surface area (TPSA) is 89.6 Å². The van der Waals surface area contributed by atoms with Crippen LogP contribution in [0.4, 0.5) is 5.82 Å². The van der Waals surface area contributed by atoms with Gasteiger partial charge in [-0.3, -0.25) is 9.20 Å². The van der Waals surface area contributed by atoms with Gasteiger partial charge in [0, 0.05) is 37.6 Å². The average molecular weight is 293 g/mol. The summed E-state index contributed by atoms with van der Waals surface area (Å²) in [5, 5.41) is 2.02. The maximum atomic E-state index is 11.0. The fourth-order valence-electron chi connectivity index (χ4n) is 2.90. The number of fused-ring (bicyclic) bond motifs is 1. The van der Waals surface area contributed by atoms with E-state index in [0.29, 0.717) is 18.9 Å². The average Bonchev–Trinajstić information content (AvgIpc) is 2.98. The molecule has 108 valence electrons. The van der Waals surface area contributed by atoms with E-state index in [-0.39, 0.29) is 5.91 Å². The van der Waals surface area contributed by atoms with E-state index in [1.807, 2.05) is 11.6 Å². The van der Waals surface area contributed by atoms with Crippen LogP contribution in [0.15, 0.2) is 11.6 Å². The van der Waals surface area contributed by atoms with Crippen molar-refractivity contribution in [2.75, 3.05) is 18.0 Å². The van der Waals surface area contributed by atoms with Crippen LogP contribution >= 0.6 is 11.3 Å². The maximum Gasteiger partial charge on any atom is 0.217 e. The second-order valence-corrected chi connectivity index (χ2v) is 6.12. The highest BCUT2D eigenvalue weighted by atomic mass is 32.1. The van der Waals surface area contributed by atoms with E-state index in [2.05, 4.69) is 14.3 Å². The Bertz CT molecular complexity index is 611. The van der Waals surface area contributed by atoms with Gasteiger partial charge in [-0.15, -0.1) is 11.3 Å². The van der Waals surface area contributed by atoms with Gasteiger partial charge in [0.15, 0.2) is 10.8 Å². The lowest BCUT2D eigenvalue weighted by Crippen LogP contribution is -2.36. The Morgan fingerprint density at radius 3 is 2.85 bits per heavy atom. The van der Waals surface area contributed by atoms with Crippen LogP contribution in [0.3, 0.4) is 0 Å².